The van der Waals surface area contributed by atoms with Crippen LogP contribution in [0.15, 0.2) is 17.5 Å². The van der Waals surface area contributed by atoms with Gasteiger partial charge in [-0.1, -0.05) is 32.8 Å². The summed E-state index contributed by atoms with van der Waals surface area (Å²) in [7, 11) is 0. The van der Waals surface area contributed by atoms with Crippen molar-refractivity contribution in [3.8, 4) is 0 Å². The molecule has 1 aliphatic carbocycles. The van der Waals surface area contributed by atoms with Gasteiger partial charge in [-0.3, -0.25) is 9.59 Å². The van der Waals surface area contributed by atoms with Crippen LogP contribution >= 0.6 is 11.3 Å². The summed E-state index contributed by atoms with van der Waals surface area (Å²) in [5.41, 5.74) is 0. The molecule has 0 aliphatic heterocycles. The van der Waals surface area contributed by atoms with Gasteiger partial charge in [-0.15, -0.1) is 11.3 Å². The first-order valence-corrected chi connectivity index (χ1v) is 9.79. The Balaban J connectivity index is 2.30. The van der Waals surface area contributed by atoms with Crippen LogP contribution in [0.5, 0.6) is 0 Å². The normalized spacial score (nSPS) is 16.7. The average Bonchev–Trinajstić information content (AvgIpc) is 3.22. The minimum Gasteiger partial charge on any atom is -0.351 e. The molecule has 0 radical (unpaired) electrons. The Bertz CT molecular complexity index is 596. The van der Waals surface area contributed by atoms with Crippen LogP contribution in [0.4, 0.5) is 13.2 Å². The zero-order valence-electron chi connectivity index (χ0n) is 15.0. The molecule has 26 heavy (non-hydrogen) atoms. The Morgan fingerprint density at radius 3 is 2.46 bits per heavy atom. The molecule has 1 aromatic rings. The maximum Gasteiger partial charge on any atom is 0.471 e. The lowest BCUT2D eigenvalue weighted by Gasteiger charge is -2.32. The van der Waals surface area contributed by atoms with E-state index in [4.69, 9.17) is 0 Å². The van der Waals surface area contributed by atoms with Crippen molar-refractivity contribution >= 4 is 23.2 Å². The van der Waals surface area contributed by atoms with E-state index in [9.17, 15) is 22.8 Å². The SMILES string of the molecule is CC(C)CCN(C(=O)C(F)(F)F)C(C(=O)NC1CCCC1)c1cccs1. The van der Waals surface area contributed by atoms with Crippen LogP contribution < -0.4 is 5.32 Å². The second-order valence-corrected chi connectivity index (χ2v) is 8.07. The highest BCUT2D eigenvalue weighted by atomic mass is 32.1. The van der Waals surface area contributed by atoms with Crippen LogP contribution in [0.25, 0.3) is 0 Å². The van der Waals surface area contributed by atoms with Crippen molar-refractivity contribution in [1.82, 2.24) is 10.2 Å². The topological polar surface area (TPSA) is 49.4 Å². The third kappa shape index (κ3) is 5.46. The molecular weight excluding hydrogens is 365 g/mol. The maximum absolute atomic E-state index is 13.2. The molecule has 1 N–H and O–H groups in total. The molecule has 4 nitrogen and oxygen atoms in total. The van der Waals surface area contributed by atoms with E-state index < -0.39 is 24.0 Å². The molecular formula is C18H25F3N2O2S. The molecule has 8 heteroatoms. The predicted molar refractivity (Wildman–Crippen MR) is 94.7 cm³/mol. The lowest BCUT2D eigenvalue weighted by Crippen LogP contribution is -2.50. The van der Waals surface area contributed by atoms with E-state index >= 15 is 0 Å². The smallest absolute Gasteiger partial charge is 0.351 e. The molecule has 1 aliphatic rings. The molecule has 1 unspecified atom stereocenters. The molecule has 0 spiro atoms. The van der Waals surface area contributed by atoms with Gasteiger partial charge in [0.1, 0.15) is 6.04 Å². The van der Waals surface area contributed by atoms with E-state index in [-0.39, 0.29) is 18.5 Å². The maximum atomic E-state index is 13.2. The van der Waals surface area contributed by atoms with Crippen LogP contribution in [0.1, 0.15) is 56.9 Å². The number of halogens is 3. The van der Waals surface area contributed by atoms with Crippen molar-refractivity contribution in [2.45, 2.75) is 64.2 Å². The van der Waals surface area contributed by atoms with Crippen LogP contribution in [-0.4, -0.2) is 35.5 Å². The van der Waals surface area contributed by atoms with Crippen molar-refractivity contribution in [2.75, 3.05) is 6.54 Å². The van der Waals surface area contributed by atoms with Crippen molar-refractivity contribution < 1.29 is 22.8 Å². The number of carbonyl (C=O) groups excluding carboxylic acids is 2. The van der Waals surface area contributed by atoms with Crippen molar-refractivity contribution in [2.24, 2.45) is 5.92 Å². The van der Waals surface area contributed by atoms with Gasteiger partial charge in [0.05, 0.1) is 0 Å². The second kappa shape index (κ2) is 8.88. The molecule has 146 valence electrons. The van der Waals surface area contributed by atoms with Gasteiger partial charge in [0, 0.05) is 17.5 Å². The van der Waals surface area contributed by atoms with Gasteiger partial charge in [-0.2, -0.15) is 13.2 Å². The lowest BCUT2D eigenvalue weighted by atomic mass is 10.1. The highest BCUT2D eigenvalue weighted by Crippen LogP contribution is 2.31. The molecule has 1 fully saturated rings. The fraction of sp³-hybridized carbons (Fsp3) is 0.667. The number of nitrogens with zero attached hydrogens (tertiary/aromatic N) is 1. The summed E-state index contributed by atoms with van der Waals surface area (Å²) in [6, 6.07) is 2.01. The molecule has 1 aromatic heterocycles. The fourth-order valence-electron chi connectivity index (χ4n) is 3.13. The Morgan fingerprint density at radius 2 is 1.96 bits per heavy atom. The van der Waals surface area contributed by atoms with Gasteiger partial charge in [-0.25, -0.2) is 0 Å². The molecule has 0 aromatic carbocycles. The monoisotopic (exact) mass is 390 g/mol. The Labute approximate surface area is 155 Å². The van der Waals surface area contributed by atoms with Crippen LogP contribution in [0, 0.1) is 5.92 Å². The van der Waals surface area contributed by atoms with Gasteiger partial charge in [0.2, 0.25) is 5.91 Å². The zero-order valence-corrected chi connectivity index (χ0v) is 15.8. The largest absolute Gasteiger partial charge is 0.471 e. The number of thiophene rings is 1. The summed E-state index contributed by atoms with van der Waals surface area (Å²) in [6.45, 7) is 3.63. The molecule has 1 atom stereocenters. The van der Waals surface area contributed by atoms with Gasteiger partial charge < -0.3 is 10.2 Å². The third-order valence-electron chi connectivity index (χ3n) is 4.52. The van der Waals surface area contributed by atoms with Crippen LogP contribution in [0.2, 0.25) is 0 Å². The van der Waals surface area contributed by atoms with Crippen LogP contribution in [-0.2, 0) is 9.59 Å². The Kier molecular flexibility index (Phi) is 7.08. The number of carbonyl (C=O) groups is 2. The Hall–Kier alpha value is -1.57. The number of hydrogen-bond acceptors (Lipinski definition) is 3. The summed E-state index contributed by atoms with van der Waals surface area (Å²) < 4.78 is 39.5. The zero-order chi connectivity index (χ0) is 19.3. The molecule has 0 saturated heterocycles. The second-order valence-electron chi connectivity index (χ2n) is 7.09. The lowest BCUT2D eigenvalue weighted by molar-refractivity contribution is -0.188. The van der Waals surface area contributed by atoms with E-state index in [1.807, 2.05) is 13.8 Å². The Morgan fingerprint density at radius 1 is 1.31 bits per heavy atom. The number of rotatable bonds is 7. The number of alkyl halides is 3. The fourth-order valence-corrected chi connectivity index (χ4v) is 3.96. The predicted octanol–water partition coefficient (Wildman–Crippen LogP) is 4.29. The first-order valence-electron chi connectivity index (χ1n) is 8.91. The minimum atomic E-state index is -5.01. The average molecular weight is 390 g/mol. The van der Waals surface area contributed by atoms with E-state index in [0.717, 1.165) is 25.7 Å². The summed E-state index contributed by atoms with van der Waals surface area (Å²) in [5.74, 6) is -2.38. The third-order valence-corrected chi connectivity index (χ3v) is 5.45. The number of nitrogens with one attached hydrogen (secondary N) is 1. The van der Waals surface area contributed by atoms with Gasteiger partial charge in [0.15, 0.2) is 0 Å². The summed E-state index contributed by atoms with van der Waals surface area (Å²) in [5, 5.41) is 4.55. The molecule has 0 bridgehead atoms. The first-order chi connectivity index (χ1) is 12.2. The van der Waals surface area contributed by atoms with Gasteiger partial charge >= 0.3 is 12.1 Å². The molecule has 2 rings (SSSR count). The van der Waals surface area contributed by atoms with Crippen molar-refractivity contribution in [3.05, 3.63) is 22.4 Å². The van der Waals surface area contributed by atoms with E-state index in [2.05, 4.69) is 5.32 Å². The van der Waals surface area contributed by atoms with E-state index in [0.29, 0.717) is 16.2 Å². The van der Waals surface area contributed by atoms with Crippen molar-refractivity contribution in [3.63, 3.8) is 0 Å². The highest BCUT2D eigenvalue weighted by molar-refractivity contribution is 7.10. The minimum absolute atomic E-state index is 0.0297. The van der Waals surface area contributed by atoms with Crippen LogP contribution in [0.3, 0.4) is 0 Å². The van der Waals surface area contributed by atoms with Gasteiger partial charge in [0.25, 0.3) is 0 Å². The number of hydrogen-bond donors (Lipinski definition) is 1. The first kappa shape index (κ1) is 20.7. The molecule has 1 saturated carbocycles. The van der Waals surface area contributed by atoms with E-state index in [1.165, 1.54) is 11.3 Å². The summed E-state index contributed by atoms with van der Waals surface area (Å²) in [6.07, 6.45) is -0.995. The molecule has 1 heterocycles. The highest BCUT2D eigenvalue weighted by Gasteiger charge is 2.46. The number of amides is 2. The summed E-state index contributed by atoms with van der Waals surface area (Å²) >= 11 is 1.19. The summed E-state index contributed by atoms with van der Waals surface area (Å²) in [4.78, 5) is 26.1. The standard InChI is InChI=1S/C18H25F3N2O2S/c1-12(2)9-10-23(17(25)18(19,20)21)15(14-8-5-11-26-14)16(24)22-13-6-3-4-7-13/h5,8,11-13,15H,3-4,6-7,9-10H2,1-2H3,(H,22,24). The van der Waals surface area contributed by atoms with Crippen molar-refractivity contribution in [1.29, 1.82) is 0 Å². The molecule has 2 amide bonds. The quantitative estimate of drug-likeness (QED) is 0.755. The van der Waals surface area contributed by atoms with E-state index in [1.54, 1.807) is 17.5 Å². The van der Waals surface area contributed by atoms with Gasteiger partial charge in [-0.05, 0) is 36.6 Å².